The number of ether oxygens (including phenoxy) is 1. The highest BCUT2D eigenvalue weighted by Gasteiger charge is 2.39. The van der Waals surface area contributed by atoms with Crippen LogP contribution in [0.5, 0.6) is 5.75 Å². The molecule has 3 N–H and O–H groups in total. The maximum absolute atomic E-state index is 5.89. The Balaban J connectivity index is 1.91. The fourth-order valence-corrected chi connectivity index (χ4v) is 2.41. The minimum atomic E-state index is 0.367. The maximum Gasteiger partial charge on any atom is 0.165 e. The summed E-state index contributed by atoms with van der Waals surface area (Å²) in [6, 6.07) is 5.88. The topological polar surface area (TPSA) is 47.3 Å². The summed E-state index contributed by atoms with van der Waals surface area (Å²) in [6.45, 7) is 1.82. The molecule has 1 aromatic carbocycles. The van der Waals surface area contributed by atoms with Crippen LogP contribution in [0.15, 0.2) is 18.2 Å². The van der Waals surface area contributed by atoms with Crippen LogP contribution in [-0.4, -0.2) is 13.2 Å². The van der Waals surface area contributed by atoms with Gasteiger partial charge in [-0.2, -0.15) is 0 Å². The number of rotatable bonds is 0. The van der Waals surface area contributed by atoms with Crippen molar-refractivity contribution in [2.24, 2.45) is 5.41 Å². The van der Waals surface area contributed by atoms with E-state index in [2.05, 4.69) is 5.32 Å². The van der Waals surface area contributed by atoms with Crippen molar-refractivity contribution in [1.29, 1.82) is 0 Å². The molecular formula is C12H16N2O. The molecule has 0 unspecified atom stereocenters. The van der Waals surface area contributed by atoms with Gasteiger partial charge in [0.25, 0.3) is 0 Å². The maximum atomic E-state index is 5.89. The molecule has 1 fully saturated rings. The summed E-state index contributed by atoms with van der Waals surface area (Å²) >= 11 is 0. The van der Waals surface area contributed by atoms with Gasteiger partial charge >= 0.3 is 0 Å². The summed E-state index contributed by atoms with van der Waals surface area (Å²) in [5.41, 5.74) is 8.03. The van der Waals surface area contributed by atoms with Gasteiger partial charge in [-0.15, -0.1) is 0 Å². The first-order valence-electron chi connectivity index (χ1n) is 5.54. The monoisotopic (exact) mass is 204 g/mol. The van der Waals surface area contributed by atoms with Gasteiger partial charge < -0.3 is 15.8 Å². The molecule has 0 radical (unpaired) electrons. The van der Waals surface area contributed by atoms with E-state index in [0.29, 0.717) is 5.41 Å². The van der Waals surface area contributed by atoms with E-state index in [-0.39, 0.29) is 0 Å². The van der Waals surface area contributed by atoms with Crippen molar-refractivity contribution in [1.82, 2.24) is 0 Å². The molecule has 0 bridgehead atoms. The minimum absolute atomic E-state index is 0.367. The lowest BCUT2D eigenvalue weighted by atomic mass is 9.69. The standard InChI is InChI=1S/C12H16N2O/c13-9-3-1-4-10-11(9)15-8-12(7-14-10)5-2-6-12/h1,3-4,14H,2,5-8,13H2. The van der Waals surface area contributed by atoms with Crippen LogP contribution in [-0.2, 0) is 0 Å². The van der Waals surface area contributed by atoms with E-state index in [9.17, 15) is 0 Å². The SMILES string of the molecule is Nc1cccc2c1OCC1(CCC1)CN2. The van der Waals surface area contributed by atoms with E-state index in [0.717, 1.165) is 30.3 Å². The highest BCUT2D eigenvalue weighted by atomic mass is 16.5. The number of fused-ring (bicyclic) bond motifs is 1. The predicted octanol–water partition coefficient (Wildman–Crippen LogP) is 2.24. The lowest BCUT2D eigenvalue weighted by Crippen LogP contribution is -2.40. The van der Waals surface area contributed by atoms with Crippen molar-refractivity contribution >= 4 is 11.4 Å². The Hall–Kier alpha value is -1.38. The van der Waals surface area contributed by atoms with E-state index in [4.69, 9.17) is 10.5 Å². The first-order valence-corrected chi connectivity index (χ1v) is 5.54. The molecule has 2 aliphatic rings. The number of anilines is 2. The number of benzene rings is 1. The fourth-order valence-electron chi connectivity index (χ4n) is 2.41. The van der Waals surface area contributed by atoms with Gasteiger partial charge in [-0.05, 0) is 25.0 Å². The molecule has 1 aliphatic heterocycles. The molecule has 3 heteroatoms. The molecule has 15 heavy (non-hydrogen) atoms. The average Bonchev–Trinajstić information content (AvgIpc) is 2.37. The Bertz CT molecular complexity index is 385. The molecule has 3 nitrogen and oxygen atoms in total. The molecule has 0 amide bonds. The van der Waals surface area contributed by atoms with E-state index in [1.807, 2.05) is 18.2 Å². The Kier molecular flexibility index (Phi) is 1.81. The molecular weight excluding hydrogens is 188 g/mol. The summed E-state index contributed by atoms with van der Waals surface area (Å²) in [7, 11) is 0. The van der Waals surface area contributed by atoms with Crippen LogP contribution in [0.4, 0.5) is 11.4 Å². The van der Waals surface area contributed by atoms with E-state index in [1.165, 1.54) is 19.3 Å². The molecule has 0 atom stereocenters. The summed E-state index contributed by atoms with van der Waals surface area (Å²) in [6.07, 6.45) is 3.87. The third-order valence-corrected chi connectivity index (χ3v) is 3.64. The van der Waals surface area contributed by atoms with Gasteiger partial charge in [0.1, 0.15) is 0 Å². The third-order valence-electron chi connectivity index (χ3n) is 3.64. The van der Waals surface area contributed by atoms with Crippen LogP contribution in [0.1, 0.15) is 19.3 Å². The Morgan fingerprint density at radius 3 is 2.93 bits per heavy atom. The van der Waals surface area contributed by atoms with Crippen LogP contribution < -0.4 is 15.8 Å². The predicted molar refractivity (Wildman–Crippen MR) is 61.1 cm³/mol. The second-order valence-corrected chi connectivity index (χ2v) is 4.72. The summed E-state index contributed by atoms with van der Waals surface area (Å²) in [5.74, 6) is 0.835. The zero-order valence-electron chi connectivity index (χ0n) is 8.75. The number of nitrogens with two attached hydrogens (primary N) is 1. The molecule has 80 valence electrons. The molecule has 1 saturated carbocycles. The average molecular weight is 204 g/mol. The van der Waals surface area contributed by atoms with Crippen molar-refractivity contribution in [3.8, 4) is 5.75 Å². The van der Waals surface area contributed by atoms with Gasteiger partial charge in [0.2, 0.25) is 0 Å². The van der Waals surface area contributed by atoms with Crippen molar-refractivity contribution in [2.45, 2.75) is 19.3 Å². The van der Waals surface area contributed by atoms with Crippen molar-refractivity contribution in [3.05, 3.63) is 18.2 Å². The summed E-state index contributed by atoms with van der Waals surface area (Å²) in [5, 5.41) is 3.45. The lowest BCUT2D eigenvalue weighted by molar-refractivity contribution is 0.0769. The highest BCUT2D eigenvalue weighted by molar-refractivity contribution is 5.69. The zero-order chi connectivity index (χ0) is 10.3. The van der Waals surface area contributed by atoms with Gasteiger partial charge in [-0.3, -0.25) is 0 Å². The molecule has 1 spiro atoms. The number of hydrogen-bond donors (Lipinski definition) is 2. The van der Waals surface area contributed by atoms with Crippen molar-refractivity contribution < 1.29 is 4.74 Å². The van der Waals surface area contributed by atoms with Gasteiger partial charge in [0.05, 0.1) is 18.0 Å². The molecule has 1 aromatic rings. The van der Waals surface area contributed by atoms with E-state index in [1.54, 1.807) is 0 Å². The normalized spacial score (nSPS) is 21.9. The molecule has 3 rings (SSSR count). The van der Waals surface area contributed by atoms with Crippen molar-refractivity contribution in [2.75, 3.05) is 24.2 Å². The Morgan fingerprint density at radius 2 is 2.20 bits per heavy atom. The van der Waals surface area contributed by atoms with Crippen molar-refractivity contribution in [3.63, 3.8) is 0 Å². The first-order chi connectivity index (χ1) is 7.29. The Labute approximate surface area is 89.6 Å². The molecule has 0 saturated heterocycles. The summed E-state index contributed by atoms with van der Waals surface area (Å²) in [4.78, 5) is 0. The largest absolute Gasteiger partial charge is 0.489 e. The molecule has 1 aliphatic carbocycles. The number of nitrogen functional groups attached to an aromatic ring is 1. The second kappa shape index (κ2) is 3.05. The zero-order valence-corrected chi connectivity index (χ0v) is 8.75. The van der Waals surface area contributed by atoms with E-state index >= 15 is 0 Å². The number of nitrogens with one attached hydrogen (secondary N) is 1. The summed E-state index contributed by atoms with van der Waals surface area (Å²) < 4.78 is 5.85. The van der Waals surface area contributed by atoms with Gasteiger partial charge in [0.15, 0.2) is 5.75 Å². The van der Waals surface area contributed by atoms with E-state index < -0.39 is 0 Å². The van der Waals surface area contributed by atoms with Gasteiger partial charge in [-0.25, -0.2) is 0 Å². The number of hydrogen-bond acceptors (Lipinski definition) is 3. The smallest absolute Gasteiger partial charge is 0.165 e. The second-order valence-electron chi connectivity index (χ2n) is 4.72. The van der Waals surface area contributed by atoms with Crippen LogP contribution >= 0.6 is 0 Å². The third kappa shape index (κ3) is 1.34. The minimum Gasteiger partial charge on any atom is -0.489 e. The van der Waals surface area contributed by atoms with Crippen LogP contribution in [0.3, 0.4) is 0 Å². The Morgan fingerprint density at radius 1 is 1.33 bits per heavy atom. The van der Waals surface area contributed by atoms with Crippen LogP contribution in [0, 0.1) is 5.41 Å². The molecule has 1 heterocycles. The lowest BCUT2D eigenvalue weighted by Gasteiger charge is -2.40. The molecule has 0 aromatic heterocycles. The van der Waals surface area contributed by atoms with Gasteiger partial charge in [-0.1, -0.05) is 12.5 Å². The van der Waals surface area contributed by atoms with Crippen LogP contribution in [0.25, 0.3) is 0 Å². The quantitative estimate of drug-likeness (QED) is 0.637. The van der Waals surface area contributed by atoms with Gasteiger partial charge in [0, 0.05) is 12.0 Å². The number of para-hydroxylation sites is 1. The highest BCUT2D eigenvalue weighted by Crippen LogP contribution is 2.45. The fraction of sp³-hybridized carbons (Fsp3) is 0.500. The first kappa shape index (κ1) is 8.89. The van der Waals surface area contributed by atoms with Crippen LogP contribution in [0.2, 0.25) is 0 Å².